The molecular weight excluding hydrogens is 322 g/mol. The Bertz CT molecular complexity index is 1040. The Morgan fingerprint density at radius 1 is 1.04 bits per heavy atom. The van der Waals surface area contributed by atoms with Gasteiger partial charge in [0.1, 0.15) is 18.1 Å². The number of hydrogen-bond acceptors (Lipinski definition) is 3. The van der Waals surface area contributed by atoms with Crippen LogP contribution in [0.2, 0.25) is 0 Å². The smallest absolute Gasteiger partial charge is 0.132 e. The first-order chi connectivity index (χ1) is 12.6. The average molecular weight is 345 g/mol. The lowest BCUT2D eigenvalue weighted by Gasteiger charge is -2.09. The molecule has 0 radical (unpaired) electrons. The van der Waals surface area contributed by atoms with Crippen molar-refractivity contribution >= 4 is 12.2 Å². The lowest BCUT2D eigenvalue weighted by molar-refractivity contribution is 0.300. The number of fused-ring (bicyclic) bond motifs is 1. The Hall–Kier alpha value is -2.88. The average Bonchev–Trinajstić information content (AvgIpc) is 2.98. The summed E-state index contributed by atoms with van der Waals surface area (Å²) in [7, 11) is 1.94. The predicted molar refractivity (Wildman–Crippen MR) is 104 cm³/mol. The van der Waals surface area contributed by atoms with Crippen molar-refractivity contribution in [3.63, 3.8) is 0 Å². The van der Waals surface area contributed by atoms with Crippen molar-refractivity contribution in [2.45, 2.75) is 33.3 Å². The predicted octanol–water partition coefficient (Wildman–Crippen LogP) is 3.03. The van der Waals surface area contributed by atoms with Crippen LogP contribution in [0.3, 0.4) is 0 Å². The van der Waals surface area contributed by atoms with Crippen molar-refractivity contribution in [2.24, 2.45) is 7.05 Å². The van der Waals surface area contributed by atoms with Crippen LogP contribution in [0.15, 0.2) is 36.4 Å². The first-order valence-electron chi connectivity index (χ1n) is 9.01. The van der Waals surface area contributed by atoms with Gasteiger partial charge in [-0.2, -0.15) is 5.10 Å². The Kier molecular flexibility index (Phi) is 4.33. The molecule has 132 valence electrons. The van der Waals surface area contributed by atoms with E-state index in [2.05, 4.69) is 42.4 Å². The van der Waals surface area contributed by atoms with Crippen molar-refractivity contribution in [1.82, 2.24) is 14.8 Å². The molecule has 26 heavy (non-hydrogen) atoms. The van der Waals surface area contributed by atoms with Gasteiger partial charge in [-0.05, 0) is 73.9 Å². The quantitative estimate of drug-likeness (QED) is 0.730. The van der Waals surface area contributed by atoms with E-state index >= 15 is 0 Å². The minimum atomic E-state index is 0.474. The topological polar surface area (TPSA) is 39.9 Å². The molecule has 1 aliphatic rings. The molecule has 1 aromatic carbocycles. The fourth-order valence-electron chi connectivity index (χ4n) is 3.30. The number of ether oxygens (including phenoxy) is 1. The third-order valence-electron chi connectivity index (χ3n) is 4.82. The van der Waals surface area contributed by atoms with Gasteiger partial charge in [0.25, 0.3) is 0 Å². The third kappa shape index (κ3) is 3.27. The van der Waals surface area contributed by atoms with Gasteiger partial charge >= 0.3 is 0 Å². The highest BCUT2D eigenvalue weighted by Crippen LogP contribution is 2.23. The summed E-state index contributed by atoms with van der Waals surface area (Å²) in [6, 6.07) is 12.4. The molecule has 0 bridgehead atoms. The molecule has 0 atom stereocenters. The number of pyridine rings is 1. The highest BCUT2D eigenvalue weighted by Gasteiger charge is 2.07. The van der Waals surface area contributed by atoms with Crippen LogP contribution in [-0.2, 0) is 13.7 Å². The molecule has 0 fully saturated rings. The van der Waals surface area contributed by atoms with Crippen LogP contribution in [-0.4, -0.2) is 14.8 Å². The third-order valence-corrected chi connectivity index (χ3v) is 4.82. The second kappa shape index (κ2) is 6.79. The number of hydrogen-bond donors (Lipinski definition) is 0. The molecule has 2 heterocycles. The summed E-state index contributed by atoms with van der Waals surface area (Å²) in [4.78, 5) is 4.88. The standard InChI is InChI=1S/C22H23N3O/c1-15-12-18-6-4-5-7-21(18)23-22(15)17-8-10-20(11-9-17)26-14-19-13-16(2)25(3)24-19/h6-13H,4-5,14H2,1-3H3. The second-order valence-corrected chi connectivity index (χ2v) is 6.83. The molecule has 4 nitrogen and oxygen atoms in total. The molecular formula is C22H23N3O. The largest absolute Gasteiger partial charge is 0.487 e. The van der Waals surface area contributed by atoms with Gasteiger partial charge in [-0.3, -0.25) is 4.68 Å². The first-order valence-corrected chi connectivity index (χ1v) is 9.01. The van der Waals surface area contributed by atoms with Crippen LogP contribution in [0.5, 0.6) is 5.75 Å². The summed E-state index contributed by atoms with van der Waals surface area (Å²) in [6.45, 7) is 4.63. The molecule has 0 spiro atoms. The molecule has 4 rings (SSSR count). The molecule has 1 aliphatic carbocycles. The summed E-state index contributed by atoms with van der Waals surface area (Å²) in [5.41, 5.74) is 5.43. The van der Waals surface area contributed by atoms with Gasteiger partial charge < -0.3 is 4.74 Å². The lowest BCUT2D eigenvalue weighted by Crippen LogP contribution is -2.30. The van der Waals surface area contributed by atoms with Gasteiger partial charge in [0.2, 0.25) is 0 Å². The Balaban J connectivity index is 1.55. The van der Waals surface area contributed by atoms with Crippen LogP contribution in [0, 0.1) is 13.8 Å². The minimum absolute atomic E-state index is 0.474. The van der Waals surface area contributed by atoms with Crippen molar-refractivity contribution in [3.05, 3.63) is 63.9 Å². The normalized spacial score (nSPS) is 12.9. The number of benzene rings is 1. The molecule has 0 unspecified atom stereocenters. The van der Waals surface area contributed by atoms with Crippen LogP contribution in [0.1, 0.15) is 29.8 Å². The fourth-order valence-corrected chi connectivity index (χ4v) is 3.30. The lowest BCUT2D eigenvalue weighted by atomic mass is 10.0. The van der Waals surface area contributed by atoms with E-state index in [9.17, 15) is 0 Å². The summed E-state index contributed by atoms with van der Waals surface area (Å²) in [5, 5.41) is 6.77. The Labute approximate surface area is 153 Å². The van der Waals surface area contributed by atoms with Gasteiger partial charge in [-0.1, -0.05) is 12.2 Å². The summed E-state index contributed by atoms with van der Waals surface area (Å²) < 4.78 is 7.73. The molecule has 4 heteroatoms. The number of rotatable bonds is 4. The van der Waals surface area contributed by atoms with Crippen LogP contribution >= 0.6 is 0 Å². The van der Waals surface area contributed by atoms with E-state index in [0.717, 1.165) is 46.6 Å². The van der Waals surface area contributed by atoms with Gasteiger partial charge in [0.05, 0.1) is 11.0 Å². The summed E-state index contributed by atoms with van der Waals surface area (Å²) in [5.74, 6) is 0.840. The van der Waals surface area contributed by atoms with Crippen molar-refractivity contribution in [3.8, 4) is 17.0 Å². The monoisotopic (exact) mass is 345 g/mol. The fraction of sp³-hybridized carbons (Fsp3) is 0.273. The van der Waals surface area contributed by atoms with Crippen molar-refractivity contribution < 1.29 is 4.74 Å². The van der Waals surface area contributed by atoms with Crippen molar-refractivity contribution in [2.75, 3.05) is 0 Å². The van der Waals surface area contributed by atoms with E-state index < -0.39 is 0 Å². The van der Waals surface area contributed by atoms with E-state index in [1.807, 2.05) is 36.9 Å². The van der Waals surface area contributed by atoms with Crippen LogP contribution in [0.4, 0.5) is 0 Å². The van der Waals surface area contributed by atoms with E-state index in [-0.39, 0.29) is 0 Å². The molecule has 0 saturated heterocycles. The highest BCUT2D eigenvalue weighted by molar-refractivity contribution is 5.64. The molecule has 2 aromatic heterocycles. The van der Waals surface area contributed by atoms with E-state index in [4.69, 9.17) is 9.72 Å². The molecule has 3 aromatic rings. The highest BCUT2D eigenvalue weighted by atomic mass is 16.5. The number of aryl methyl sites for hydroxylation is 3. The van der Waals surface area contributed by atoms with E-state index in [1.54, 1.807) is 0 Å². The molecule has 0 amide bonds. The maximum atomic E-state index is 5.86. The molecule has 0 saturated carbocycles. The zero-order chi connectivity index (χ0) is 18.1. The van der Waals surface area contributed by atoms with Gasteiger partial charge in [-0.25, -0.2) is 4.98 Å². The molecule has 0 aliphatic heterocycles. The van der Waals surface area contributed by atoms with E-state index in [0.29, 0.717) is 6.61 Å². The summed E-state index contributed by atoms with van der Waals surface area (Å²) in [6.07, 6.45) is 6.68. The number of aromatic nitrogens is 3. The van der Waals surface area contributed by atoms with Crippen LogP contribution < -0.4 is 15.3 Å². The molecule has 0 N–H and O–H groups in total. The van der Waals surface area contributed by atoms with Gasteiger partial charge in [0, 0.05) is 18.3 Å². The zero-order valence-corrected chi connectivity index (χ0v) is 15.5. The Morgan fingerprint density at radius 3 is 2.54 bits per heavy atom. The Morgan fingerprint density at radius 2 is 1.81 bits per heavy atom. The maximum absolute atomic E-state index is 5.86. The van der Waals surface area contributed by atoms with E-state index in [1.165, 1.54) is 10.8 Å². The first kappa shape index (κ1) is 16.6. The zero-order valence-electron chi connectivity index (χ0n) is 15.5. The van der Waals surface area contributed by atoms with Gasteiger partial charge in [0.15, 0.2) is 0 Å². The number of nitrogens with zero attached hydrogens (tertiary/aromatic N) is 3. The second-order valence-electron chi connectivity index (χ2n) is 6.83. The minimum Gasteiger partial charge on any atom is -0.487 e. The SMILES string of the molecule is Cc1cc2c(nc1-c1ccc(OCc3cc(C)n(C)n3)cc1)=CCCC=2. The van der Waals surface area contributed by atoms with Crippen molar-refractivity contribution in [1.29, 1.82) is 0 Å². The summed E-state index contributed by atoms with van der Waals surface area (Å²) >= 11 is 0. The van der Waals surface area contributed by atoms with Gasteiger partial charge in [-0.15, -0.1) is 0 Å². The maximum Gasteiger partial charge on any atom is 0.132 e. The van der Waals surface area contributed by atoms with Crippen LogP contribution in [0.25, 0.3) is 23.4 Å².